The number of hydrogen-bond donors (Lipinski definition) is 0. The third-order valence-corrected chi connectivity index (χ3v) is 5.58. The summed E-state index contributed by atoms with van der Waals surface area (Å²) in [5, 5.41) is 0. The molecule has 22 heavy (non-hydrogen) atoms. The Morgan fingerprint density at radius 2 is 1.95 bits per heavy atom. The highest BCUT2D eigenvalue weighted by atomic mass is 19.1. The molecule has 0 spiro atoms. The summed E-state index contributed by atoms with van der Waals surface area (Å²) < 4.78 is 13.2. The molecule has 1 aromatic heterocycles. The lowest BCUT2D eigenvalue weighted by Gasteiger charge is -2.22. The molecule has 2 aliphatic heterocycles. The van der Waals surface area contributed by atoms with Crippen molar-refractivity contribution in [3.63, 3.8) is 0 Å². The van der Waals surface area contributed by atoms with E-state index in [1.807, 2.05) is 25.3 Å². The van der Waals surface area contributed by atoms with Crippen LogP contribution in [0.15, 0.2) is 36.5 Å². The van der Waals surface area contributed by atoms with Gasteiger partial charge in [-0.2, -0.15) is 0 Å². The second-order valence-corrected chi connectivity index (χ2v) is 6.71. The molecule has 4 rings (SSSR count). The quantitative estimate of drug-likeness (QED) is 0.827. The van der Waals surface area contributed by atoms with E-state index in [0.29, 0.717) is 12.0 Å². The Bertz CT molecular complexity index is 695. The van der Waals surface area contributed by atoms with Gasteiger partial charge in [-0.05, 0) is 62.6 Å². The van der Waals surface area contributed by atoms with E-state index in [9.17, 15) is 4.39 Å². The van der Waals surface area contributed by atoms with Gasteiger partial charge in [0.2, 0.25) is 0 Å². The van der Waals surface area contributed by atoms with E-state index in [1.54, 1.807) is 0 Å². The Labute approximate surface area is 131 Å². The van der Waals surface area contributed by atoms with E-state index in [1.165, 1.54) is 37.0 Å². The van der Waals surface area contributed by atoms with Gasteiger partial charge in [0.1, 0.15) is 5.82 Å². The lowest BCUT2D eigenvalue weighted by Crippen LogP contribution is -2.25. The number of pyridine rings is 1. The normalized spacial score (nSPS) is 27.5. The van der Waals surface area contributed by atoms with Crippen LogP contribution in [0.3, 0.4) is 0 Å². The molecule has 0 radical (unpaired) electrons. The molecule has 2 aliphatic rings. The zero-order chi connectivity index (χ0) is 15.3. The molecule has 2 nitrogen and oxygen atoms in total. The fraction of sp³-hybridized carbons (Fsp3) is 0.421. The summed E-state index contributed by atoms with van der Waals surface area (Å²) in [4.78, 5) is 7.16. The highest BCUT2D eigenvalue weighted by molar-refractivity contribution is 5.66. The number of aryl methyl sites for hydroxylation is 1. The summed E-state index contributed by atoms with van der Waals surface area (Å²) in [7, 11) is 2.25. The number of hydrogen-bond acceptors (Lipinski definition) is 2. The second kappa shape index (κ2) is 5.17. The highest BCUT2D eigenvalue weighted by Gasteiger charge is 2.44. The molecule has 2 aromatic rings. The molecule has 3 heterocycles. The SMILES string of the molecule is Cc1ncc(C2CC3CCC2N3C)cc1-c1ccc(F)cc1. The van der Waals surface area contributed by atoms with Crippen LogP contribution in [0.2, 0.25) is 0 Å². The summed E-state index contributed by atoms with van der Waals surface area (Å²) in [6, 6.07) is 10.4. The molecule has 114 valence electrons. The minimum Gasteiger partial charge on any atom is -0.300 e. The summed E-state index contributed by atoms with van der Waals surface area (Å²) in [5.74, 6) is 0.399. The molecule has 1 aromatic carbocycles. The van der Waals surface area contributed by atoms with E-state index < -0.39 is 0 Å². The Morgan fingerprint density at radius 1 is 1.18 bits per heavy atom. The Kier molecular flexibility index (Phi) is 3.26. The Balaban J connectivity index is 1.71. The lowest BCUT2D eigenvalue weighted by molar-refractivity contribution is 0.307. The summed E-state index contributed by atoms with van der Waals surface area (Å²) >= 11 is 0. The van der Waals surface area contributed by atoms with E-state index in [0.717, 1.165) is 22.9 Å². The fourth-order valence-electron chi connectivity index (χ4n) is 4.29. The number of halogens is 1. The first-order valence-corrected chi connectivity index (χ1v) is 8.08. The van der Waals surface area contributed by atoms with Gasteiger partial charge in [-0.25, -0.2) is 4.39 Å². The summed E-state index contributed by atoms with van der Waals surface area (Å²) in [5.41, 5.74) is 4.52. The van der Waals surface area contributed by atoms with Crippen LogP contribution in [0.25, 0.3) is 11.1 Å². The molecular weight excluding hydrogens is 275 g/mol. The summed E-state index contributed by atoms with van der Waals surface area (Å²) in [6.45, 7) is 2.02. The number of nitrogens with zero attached hydrogens (tertiary/aromatic N) is 2. The number of fused-ring (bicyclic) bond motifs is 2. The minimum atomic E-state index is -0.194. The first-order valence-electron chi connectivity index (χ1n) is 8.08. The molecule has 0 amide bonds. The zero-order valence-corrected chi connectivity index (χ0v) is 13.1. The van der Waals surface area contributed by atoms with Crippen molar-refractivity contribution in [2.24, 2.45) is 0 Å². The van der Waals surface area contributed by atoms with Crippen molar-refractivity contribution in [3.05, 3.63) is 53.6 Å². The molecular formula is C19H21FN2. The van der Waals surface area contributed by atoms with Gasteiger partial charge in [0.15, 0.2) is 0 Å². The van der Waals surface area contributed by atoms with E-state index in [4.69, 9.17) is 0 Å². The van der Waals surface area contributed by atoms with Crippen LogP contribution in [0.4, 0.5) is 4.39 Å². The highest BCUT2D eigenvalue weighted by Crippen LogP contribution is 2.46. The van der Waals surface area contributed by atoms with Crippen molar-refractivity contribution >= 4 is 0 Å². The van der Waals surface area contributed by atoms with Gasteiger partial charge in [-0.1, -0.05) is 12.1 Å². The van der Waals surface area contributed by atoms with Crippen molar-refractivity contribution in [2.75, 3.05) is 7.05 Å². The molecule has 0 saturated carbocycles. The van der Waals surface area contributed by atoms with Gasteiger partial charge in [0.25, 0.3) is 0 Å². The maximum absolute atomic E-state index is 13.2. The van der Waals surface area contributed by atoms with Gasteiger partial charge in [0, 0.05) is 35.5 Å². The fourth-order valence-corrected chi connectivity index (χ4v) is 4.29. The monoisotopic (exact) mass is 296 g/mol. The number of aromatic nitrogens is 1. The van der Waals surface area contributed by atoms with Crippen molar-refractivity contribution in [1.82, 2.24) is 9.88 Å². The molecule has 3 heteroatoms. The van der Waals surface area contributed by atoms with Crippen molar-refractivity contribution in [2.45, 2.75) is 44.2 Å². The first-order chi connectivity index (χ1) is 10.6. The van der Waals surface area contributed by atoms with Crippen molar-refractivity contribution in [1.29, 1.82) is 0 Å². The lowest BCUT2D eigenvalue weighted by atomic mass is 9.83. The van der Waals surface area contributed by atoms with Gasteiger partial charge in [-0.3, -0.25) is 9.88 Å². The maximum Gasteiger partial charge on any atom is 0.123 e. The van der Waals surface area contributed by atoms with Gasteiger partial charge in [-0.15, -0.1) is 0 Å². The molecule has 3 atom stereocenters. The van der Waals surface area contributed by atoms with Crippen LogP contribution in [0, 0.1) is 12.7 Å². The third kappa shape index (κ3) is 2.15. The topological polar surface area (TPSA) is 16.1 Å². The van der Waals surface area contributed by atoms with E-state index in [-0.39, 0.29) is 5.82 Å². The molecule has 2 fully saturated rings. The zero-order valence-electron chi connectivity index (χ0n) is 13.1. The molecule has 0 N–H and O–H groups in total. The standard InChI is InChI=1S/C19H21FN2/c1-12-17(13-3-5-15(20)6-4-13)9-14(11-21-12)18-10-16-7-8-19(18)22(16)2/h3-6,9,11,16,18-19H,7-8,10H2,1-2H3. The largest absolute Gasteiger partial charge is 0.300 e. The number of benzene rings is 1. The van der Waals surface area contributed by atoms with Crippen LogP contribution in [0.1, 0.15) is 36.4 Å². The third-order valence-electron chi connectivity index (χ3n) is 5.58. The molecule has 2 saturated heterocycles. The smallest absolute Gasteiger partial charge is 0.123 e. The van der Waals surface area contributed by atoms with Gasteiger partial charge in [0.05, 0.1) is 0 Å². The van der Waals surface area contributed by atoms with Gasteiger partial charge < -0.3 is 0 Å². The van der Waals surface area contributed by atoms with Crippen LogP contribution in [0.5, 0.6) is 0 Å². The molecule has 0 aliphatic carbocycles. The summed E-state index contributed by atoms with van der Waals surface area (Å²) in [6.07, 6.45) is 5.92. The average Bonchev–Trinajstić information content (AvgIpc) is 3.04. The minimum absolute atomic E-state index is 0.194. The van der Waals surface area contributed by atoms with E-state index >= 15 is 0 Å². The average molecular weight is 296 g/mol. The van der Waals surface area contributed by atoms with Gasteiger partial charge >= 0.3 is 0 Å². The predicted molar refractivity (Wildman–Crippen MR) is 86.3 cm³/mol. The number of rotatable bonds is 2. The first kappa shape index (κ1) is 13.9. The Morgan fingerprint density at radius 3 is 2.59 bits per heavy atom. The van der Waals surface area contributed by atoms with Crippen molar-refractivity contribution < 1.29 is 4.39 Å². The van der Waals surface area contributed by atoms with Crippen LogP contribution in [-0.2, 0) is 0 Å². The number of likely N-dealkylation sites (N-methyl/N-ethyl adjacent to an activating group) is 1. The second-order valence-electron chi connectivity index (χ2n) is 6.71. The van der Waals surface area contributed by atoms with Crippen molar-refractivity contribution in [3.8, 4) is 11.1 Å². The van der Waals surface area contributed by atoms with Crippen LogP contribution >= 0.6 is 0 Å². The van der Waals surface area contributed by atoms with Crippen LogP contribution < -0.4 is 0 Å². The predicted octanol–water partition coefficient (Wildman–Crippen LogP) is 4.15. The molecule has 3 unspecified atom stereocenters. The van der Waals surface area contributed by atoms with Crippen LogP contribution in [-0.4, -0.2) is 29.0 Å². The van der Waals surface area contributed by atoms with E-state index in [2.05, 4.69) is 23.0 Å². The molecule has 2 bridgehead atoms. The Hall–Kier alpha value is -1.74. The maximum atomic E-state index is 13.2.